The van der Waals surface area contributed by atoms with Gasteiger partial charge in [0.15, 0.2) is 0 Å². The number of hydrogen-bond acceptors (Lipinski definition) is 2. The van der Waals surface area contributed by atoms with Crippen molar-refractivity contribution in [3.8, 4) is 11.1 Å². The second-order valence-corrected chi connectivity index (χ2v) is 6.94. The highest BCUT2D eigenvalue weighted by molar-refractivity contribution is 7.99. The number of nitrogens with one attached hydrogen (secondary N) is 1. The molecule has 0 radical (unpaired) electrons. The highest BCUT2D eigenvalue weighted by atomic mass is 32.2. The van der Waals surface area contributed by atoms with E-state index in [0.717, 1.165) is 35.5 Å². The van der Waals surface area contributed by atoms with Gasteiger partial charge in [0.2, 0.25) is 5.91 Å². The van der Waals surface area contributed by atoms with Gasteiger partial charge in [0.25, 0.3) is 0 Å². The summed E-state index contributed by atoms with van der Waals surface area (Å²) in [6, 6.07) is 18.9. The summed E-state index contributed by atoms with van der Waals surface area (Å²) in [5, 5.41) is 3.10. The minimum Gasteiger partial charge on any atom is -0.350 e. The number of benzene rings is 2. The van der Waals surface area contributed by atoms with Gasteiger partial charge in [-0.1, -0.05) is 48.5 Å². The lowest BCUT2D eigenvalue weighted by Crippen LogP contribution is -2.36. The Hall–Kier alpha value is -2.00. The molecule has 2 nitrogen and oxygen atoms in total. The Morgan fingerprint density at radius 3 is 2.52 bits per heavy atom. The maximum absolute atomic E-state index is 12.0. The molecule has 0 unspecified atom stereocenters. The molecule has 3 rings (SSSR count). The van der Waals surface area contributed by atoms with Crippen LogP contribution in [0.25, 0.3) is 17.2 Å². The molecular weight excluding hydrogens is 302 g/mol. The summed E-state index contributed by atoms with van der Waals surface area (Å²) >= 11 is 1.97. The molecule has 0 bridgehead atoms. The largest absolute Gasteiger partial charge is 0.350 e. The molecule has 1 aliphatic heterocycles. The van der Waals surface area contributed by atoms with Gasteiger partial charge in [-0.15, -0.1) is 0 Å². The van der Waals surface area contributed by atoms with Gasteiger partial charge in [-0.3, -0.25) is 4.79 Å². The van der Waals surface area contributed by atoms with Crippen molar-refractivity contribution in [2.45, 2.75) is 18.9 Å². The predicted octanol–water partition coefficient (Wildman–Crippen LogP) is 4.38. The monoisotopic (exact) mass is 323 g/mol. The van der Waals surface area contributed by atoms with Crippen molar-refractivity contribution in [3.63, 3.8) is 0 Å². The second-order valence-electron chi connectivity index (χ2n) is 5.72. The molecule has 2 aromatic carbocycles. The highest BCUT2D eigenvalue weighted by Gasteiger charge is 2.14. The number of amides is 1. The first-order valence-electron chi connectivity index (χ1n) is 8.03. The zero-order valence-electron chi connectivity index (χ0n) is 13.1. The highest BCUT2D eigenvalue weighted by Crippen LogP contribution is 2.20. The lowest BCUT2D eigenvalue weighted by molar-refractivity contribution is -0.117. The third kappa shape index (κ3) is 4.73. The van der Waals surface area contributed by atoms with E-state index in [-0.39, 0.29) is 5.91 Å². The molecule has 0 aliphatic carbocycles. The maximum atomic E-state index is 12.0. The van der Waals surface area contributed by atoms with Gasteiger partial charge in [0, 0.05) is 12.1 Å². The molecule has 23 heavy (non-hydrogen) atoms. The van der Waals surface area contributed by atoms with Crippen LogP contribution in [-0.2, 0) is 4.79 Å². The minimum absolute atomic E-state index is 0.00649. The minimum atomic E-state index is 0.00649. The van der Waals surface area contributed by atoms with Crippen LogP contribution >= 0.6 is 11.8 Å². The van der Waals surface area contributed by atoms with Gasteiger partial charge >= 0.3 is 0 Å². The van der Waals surface area contributed by atoms with Crippen molar-refractivity contribution in [2.24, 2.45) is 0 Å². The number of carbonyl (C=O) groups is 1. The Labute approximate surface area is 142 Å². The van der Waals surface area contributed by atoms with Crippen LogP contribution in [0.2, 0.25) is 0 Å². The first-order chi connectivity index (χ1) is 11.3. The SMILES string of the molecule is O=C(/C=C/c1cccc(-c2ccccc2)c1)NC1CCSCC1. The smallest absolute Gasteiger partial charge is 0.244 e. The fraction of sp³-hybridized carbons (Fsp3) is 0.250. The summed E-state index contributed by atoms with van der Waals surface area (Å²) in [5.74, 6) is 2.30. The van der Waals surface area contributed by atoms with E-state index in [0.29, 0.717) is 6.04 Å². The summed E-state index contributed by atoms with van der Waals surface area (Å²) in [6.07, 6.45) is 5.69. The number of thioether (sulfide) groups is 1. The quantitative estimate of drug-likeness (QED) is 0.846. The van der Waals surface area contributed by atoms with Gasteiger partial charge in [0.05, 0.1) is 0 Å². The number of carbonyl (C=O) groups excluding carboxylic acids is 1. The first-order valence-corrected chi connectivity index (χ1v) is 9.18. The van der Waals surface area contributed by atoms with Crippen molar-refractivity contribution in [1.82, 2.24) is 5.32 Å². The summed E-state index contributed by atoms with van der Waals surface area (Å²) in [7, 11) is 0. The van der Waals surface area contributed by atoms with Crippen molar-refractivity contribution in [1.29, 1.82) is 0 Å². The van der Waals surface area contributed by atoms with Gasteiger partial charge < -0.3 is 5.32 Å². The van der Waals surface area contributed by atoms with E-state index in [1.165, 1.54) is 5.56 Å². The van der Waals surface area contributed by atoms with E-state index in [1.54, 1.807) is 6.08 Å². The topological polar surface area (TPSA) is 29.1 Å². The van der Waals surface area contributed by atoms with Crippen LogP contribution in [0.15, 0.2) is 60.7 Å². The zero-order chi connectivity index (χ0) is 15.9. The van der Waals surface area contributed by atoms with E-state index < -0.39 is 0 Å². The van der Waals surface area contributed by atoms with Crippen LogP contribution in [0.5, 0.6) is 0 Å². The third-order valence-electron chi connectivity index (χ3n) is 3.99. The molecule has 3 heteroatoms. The van der Waals surface area contributed by atoms with E-state index in [4.69, 9.17) is 0 Å². The van der Waals surface area contributed by atoms with Gasteiger partial charge in [0.1, 0.15) is 0 Å². The summed E-state index contributed by atoms with van der Waals surface area (Å²) < 4.78 is 0. The predicted molar refractivity (Wildman–Crippen MR) is 99.4 cm³/mol. The molecule has 1 amide bonds. The van der Waals surface area contributed by atoms with Crippen LogP contribution < -0.4 is 5.32 Å². The molecule has 0 saturated carbocycles. The van der Waals surface area contributed by atoms with Gasteiger partial charge in [-0.2, -0.15) is 11.8 Å². The Bertz CT molecular complexity index is 675. The van der Waals surface area contributed by atoms with Gasteiger partial charge in [-0.25, -0.2) is 0 Å². The first kappa shape index (κ1) is 15.9. The number of rotatable bonds is 4. The lowest BCUT2D eigenvalue weighted by atomic mass is 10.0. The lowest BCUT2D eigenvalue weighted by Gasteiger charge is -2.21. The molecule has 0 atom stereocenters. The summed E-state index contributed by atoms with van der Waals surface area (Å²) in [6.45, 7) is 0. The molecule has 118 valence electrons. The normalized spacial score (nSPS) is 15.7. The molecule has 1 fully saturated rings. The van der Waals surface area contributed by atoms with Crippen LogP contribution in [0.4, 0.5) is 0 Å². The molecule has 1 heterocycles. The fourth-order valence-electron chi connectivity index (χ4n) is 2.72. The Morgan fingerprint density at radius 2 is 1.74 bits per heavy atom. The van der Waals surface area contributed by atoms with Crippen molar-refractivity contribution in [3.05, 3.63) is 66.2 Å². The van der Waals surface area contributed by atoms with E-state index in [1.807, 2.05) is 48.2 Å². The average Bonchev–Trinajstić information content (AvgIpc) is 2.62. The van der Waals surface area contributed by atoms with Crippen molar-refractivity contribution < 1.29 is 4.79 Å². The zero-order valence-corrected chi connectivity index (χ0v) is 13.9. The van der Waals surface area contributed by atoms with Crippen LogP contribution in [0.1, 0.15) is 18.4 Å². The molecule has 0 spiro atoms. The van der Waals surface area contributed by atoms with Gasteiger partial charge in [-0.05, 0) is 53.2 Å². The fourth-order valence-corrected chi connectivity index (χ4v) is 3.82. The Balaban J connectivity index is 1.64. The molecular formula is C20H21NOS. The molecule has 1 saturated heterocycles. The van der Waals surface area contributed by atoms with Crippen LogP contribution in [-0.4, -0.2) is 23.5 Å². The molecule has 0 aromatic heterocycles. The van der Waals surface area contributed by atoms with Crippen molar-refractivity contribution in [2.75, 3.05) is 11.5 Å². The van der Waals surface area contributed by atoms with Crippen molar-refractivity contribution >= 4 is 23.7 Å². The average molecular weight is 323 g/mol. The summed E-state index contributed by atoms with van der Waals surface area (Å²) in [4.78, 5) is 12.0. The molecule has 1 N–H and O–H groups in total. The third-order valence-corrected chi connectivity index (χ3v) is 5.04. The molecule has 2 aromatic rings. The van der Waals surface area contributed by atoms with E-state index in [9.17, 15) is 4.79 Å². The second kappa shape index (κ2) is 8.02. The standard InChI is InChI=1S/C20H21NOS/c22-20(21-19-11-13-23-14-12-19)10-9-16-5-4-8-18(15-16)17-6-2-1-3-7-17/h1-10,15,19H,11-14H2,(H,21,22)/b10-9+. The van der Waals surface area contributed by atoms with Crippen LogP contribution in [0, 0.1) is 0 Å². The molecule has 1 aliphatic rings. The number of hydrogen-bond donors (Lipinski definition) is 1. The van der Waals surface area contributed by atoms with E-state index in [2.05, 4.69) is 29.6 Å². The Kier molecular flexibility index (Phi) is 5.54. The maximum Gasteiger partial charge on any atom is 0.244 e. The summed E-state index contributed by atoms with van der Waals surface area (Å²) in [5.41, 5.74) is 3.39. The Morgan fingerprint density at radius 1 is 1.00 bits per heavy atom. The van der Waals surface area contributed by atoms with E-state index >= 15 is 0 Å². The van der Waals surface area contributed by atoms with Crippen LogP contribution in [0.3, 0.4) is 0 Å².